The van der Waals surface area contributed by atoms with Crippen molar-refractivity contribution in [2.75, 3.05) is 10.7 Å². The molecule has 0 spiro atoms. The Balaban J connectivity index is 1.97. The molecule has 1 amide bonds. The van der Waals surface area contributed by atoms with Gasteiger partial charge in [-0.1, -0.05) is 23.5 Å². The first-order valence-corrected chi connectivity index (χ1v) is 9.71. The van der Waals surface area contributed by atoms with Crippen molar-refractivity contribution < 1.29 is 4.79 Å². The second-order valence-corrected chi connectivity index (χ2v) is 8.02. The van der Waals surface area contributed by atoms with E-state index in [1.165, 1.54) is 11.3 Å². The van der Waals surface area contributed by atoms with Gasteiger partial charge in [0, 0.05) is 15.9 Å². The Morgan fingerprint density at radius 1 is 1.23 bits per heavy atom. The van der Waals surface area contributed by atoms with Gasteiger partial charge in [-0.05, 0) is 73.0 Å². The Kier molecular flexibility index (Phi) is 5.38. The summed E-state index contributed by atoms with van der Waals surface area (Å²) in [6, 6.07) is 9.37. The summed E-state index contributed by atoms with van der Waals surface area (Å²) >= 11 is 4.95. The van der Waals surface area contributed by atoms with E-state index in [0.29, 0.717) is 5.56 Å². The van der Waals surface area contributed by atoms with Crippen molar-refractivity contribution in [3.05, 3.63) is 51.5 Å². The molecule has 7 heteroatoms. The average molecular weight is 431 g/mol. The van der Waals surface area contributed by atoms with Gasteiger partial charge in [0.15, 0.2) is 0 Å². The molecule has 0 atom stereocenters. The molecule has 3 aromatic rings. The van der Waals surface area contributed by atoms with Crippen molar-refractivity contribution in [1.29, 1.82) is 0 Å². The lowest BCUT2D eigenvalue weighted by atomic mass is 10.1. The van der Waals surface area contributed by atoms with Crippen LogP contribution in [0.15, 0.2) is 39.9 Å². The third-order valence-electron chi connectivity index (χ3n) is 3.85. The largest absolute Gasteiger partial charge is 0.321 e. The Hall–Kier alpha value is -2.25. The summed E-state index contributed by atoms with van der Waals surface area (Å²) in [5.41, 5.74) is 8.21. The van der Waals surface area contributed by atoms with Gasteiger partial charge < -0.3 is 5.32 Å². The van der Waals surface area contributed by atoms with Crippen LogP contribution in [-0.2, 0) is 0 Å². The first-order chi connectivity index (χ1) is 12.4. The Labute approximate surface area is 164 Å². The molecular formula is C19H19BrN4OS. The predicted molar refractivity (Wildman–Crippen MR) is 114 cm³/mol. The van der Waals surface area contributed by atoms with Crippen LogP contribution in [0.2, 0.25) is 0 Å². The SMILES string of the molecule is CC(C)=NNc1nc2cc(C)c(NC(=O)c3ccccc3Br)c(C)c2s1. The minimum atomic E-state index is -0.142. The molecule has 3 rings (SSSR count). The lowest BCUT2D eigenvalue weighted by molar-refractivity contribution is 0.102. The topological polar surface area (TPSA) is 66.4 Å². The lowest BCUT2D eigenvalue weighted by Crippen LogP contribution is -2.14. The highest BCUT2D eigenvalue weighted by molar-refractivity contribution is 9.10. The first-order valence-electron chi connectivity index (χ1n) is 8.10. The van der Waals surface area contributed by atoms with Crippen LogP contribution in [0.3, 0.4) is 0 Å². The summed E-state index contributed by atoms with van der Waals surface area (Å²) in [7, 11) is 0. The highest BCUT2D eigenvalue weighted by Gasteiger charge is 2.16. The number of carbonyl (C=O) groups excluding carboxylic acids is 1. The van der Waals surface area contributed by atoms with Crippen molar-refractivity contribution in [2.24, 2.45) is 5.10 Å². The third kappa shape index (κ3) is 3.78. The van der Waals surface area contributed by atoms with Crippen LogP contribution in [0.5, 0.6) is 0 Å². The fraction of sp³-hybridized carbons (Fsp3) is 0.211. The van der Waals surface area contributed by atoms with Gasteiger partial charge in [-0.25, -0.2) is 4.98 Å². The predicted octanol–water partition coefficient (Wildman–Crippen LogP) is 5.74. The first kappa shape index (κ1) is 18.5. The zero-order valence-electron chi connectivity index (χ0n) is 15.0. The lowest BCUT2D eigenvalue weighted by Gasteiger charge is -2.13. The Bertz CT molecular complexity index is 1020. The van der Waals surface area contributed by atoms with Crippen LogP contribution in [0, 0.1) is 13.8 Å². The normalized spacial score (nSPS) is 10.7. The van der Waals surface area contributed by atoms with Crippen molar-refractivity contribution >= 4 is 59.9 Å². The number of aromatic nitrogens is 1. The van der Waals surface area contributed by atoms with Gasteiger partial charge in [-0.15, -0.1) is 0 Å². The van der Waals surface area contributed by atoms with E-state index in [-0.39, 0.29) is 5.91 Å². The molecule has 0 saturated heterocycles. The van der Waals surface area contributed by atoms with Gasteiger partial charge in [0.05, 0.1) is 15.8 Å². The van der Waals surface area contributed by atoms with Gasteiger partial charge >= 0.3 is 0 Å². The molecule has 1 aromatic heterocycles. The van der Waals surface area contributed by atoms with E-state index in [9.17, 15) is 4.79 Å². The summed E-state index contributed by atoms with van der Waals surface area (Å²) in [5, 5.41) is 7.99. The molecule has 0 fully saturated rings. The van der Waals surface area contributed by atoms with E-state index in [0.717, 1.165) is 42.3 Å². The average Bonchev–Trinajstić information content (AvgIpc) is 3.00. The highest BCUT2D eigenvalue weighted by atomic mass is 79.9. The van der Waals surface area contributed by atoms with E-state index in [1.54, 1.807) is 6.07 Å². The zero-order valence-corrected chi connectivity index (χ0v) is 17.4. The van der Waals surface area contributed by atoms with Crippen LogP contribution in [0.25, 0.3) is 10.2 Å². The number of amides is 1. The molecule has 0 saturated carbocycles. The number of carbonyl (C=O) groups is 1. The van der Waals surface area contributed by atoms with E-state index < -0.39 is 0 Å². The van der Waals surface area contributed by atoms with Gasteiger partial charge in [-0.2, -0.15) is 5.10 Å². The number of nitrogens with one attached hydrogen (secondary N) is 2. The van der Waals surface area contributed by atoms with E-state index >= 15 is 0 Å². The monoisotopic (exact) mass is 430 g/mol. The fourth-order valence-corrected chi connectivity index (χ4v) is 3.97. The van der Waals surface area contributed by atoms with E-state index in [2.05, 4.69) is 36.8 Å². The number of anilines is 2. The van der Waals surface area contributed by atoms with Crippen LogP contribution in [-0.4, -0.2) is 16.6 Å². The molecule has 134 valence electrons. The number of hydrogen-bond acceptors (Lipinski definition) is 5. The highest BCUT2D eigenvalue weighted by Crippen LogP contribution is 2.35. The summed E-state index contributed by atoms with van der Waals surface area (Å²) < 4.78 is 1.80. The van der Waals surface area contributed by atoms with Gasteiger partial charge in [0.2, 0.25) is 5.13 Å². The number of thiazole rings is 1. The quantitative estimate of drug-likeness (QED) is 0.409. The van der Waals surface area contributed by atoms with Crippen LogP contribution >= 0.6 is 27.3 Å². The van der Waals surface area contributed by atoms with Crippen LogP contribution in [0.4, 0.5) is 10.8 Å². The second-order valence-electron chi connectivity index (χ2n) is 6.17. The number of fused-ring (bicyclic) bond motifs is 1. The van der Waals surface area contributed by atoms with Crippen LogP contribution < -0.4 is 10.7 Å². The smallest absolute Gasteiger partial charge is 0.256 e. The maximum absolute atomic E-state index is 12.7. The molecule has 2 aromatic carbocycles. The second kappa shape index (κ2) is 7.55. The summed E-state index contributed by atoms with van der Waals surface area (Å²) in [4.78, 5) is 17.3. The molecular weight excluding hydrogens is 412 g/mol. The summed E-state index contributed by atoms with van der Waals surface area (Å²) in [6.07, 6.45) is 0. The molecule has 0 aliphatic carbocycles. The number of nitrogens with zero attached hydrogens (tertiary/aromatic N) is 2. The molecule has 0 radical (unpaired) electrons. The number of aryl methyl sites for hydroxylation is 2. The minimum absolute atomic E-state index is 0.142. The zero-order chi connectivity index (χ0) is 18.8. The summed E-state index contributed by atoms with van der Waals surface area (Å²) in [6.45, 7) is 7.82. The van der Waals surface area contributed by atoms with Crippen molar-refractivity contribution in [2.45, 2.75) is 27.7 Å². The van der Waals surface area contributed by atoms with E-state index in [4.69, 9.17) is 0 Å². The molecule has 0 unspecified atom stereocenters. The molecule has 5 nitrogen and oxygen atoms in total. The van der Waals surface area contributed by atoms with Crippen molar-refractivity contribution in [3.63, 3.8) is 0 Å². The van der Waals surface area contributed by atoms with E-state index in [1.807, 2.05) is 52.0 Å². The molecule has 0 aliphatic rings. The van der Waals surface area contributed by atoms with Crippen molar-refractivity contribution in [3.8, 4) is 0 Å². The number of halogens is 1. The van der Waals surface area contributed by atoms with Gasteiger partial charge in [0.1, 0.15) is 0 Å². The molecule has 26 heavy (non-hydrogen) atoms. The fourth-order valence-electron chi connectivity index (χ4n) is 2.61. The molecule has 0 aliphatic heterocycles. The Morgan fingerprint density at radius 3 is 2.65 bits per heavy atom. The van der Waals surface area contributed by atoms with Crippen molar-refractivity contribution in [1.82, 2.24) is 4.98 Å². The Morgan fingerprint density at radius 2 is 1.96 bits per heavy atom. The maximum atomic E-state index is 12.7. The van der Waals surface area contributed by atoms with Gasteiger partial charge in [0.25, 0.3) is 5.91 Å². The standard InChI is InChI=1S/C19H19BrN4OS/c1-10(2)23-24-19-21-15-9-11(3)16(12(4)17(15)26-19)22-18(25)13-7-5-6-8-14(13)20/h5-9H,1-4H3,(H,21,24)(H,22,25). The third-order valence-corrected chi connectivity index (χ3v) is 5.64. The summed E-state index contributed by atoms with van der Waals surface area (Å²) in [5.74, 6) is -0.142. The number of hydrazone groups is 1. The van der Waals surface area contributed by atoms with Gasteiger partial charge in [-0.3, -0.25) is 10.2 Å². The maximum Gasteiger partial charge on any atom is 0.256 e. The number of hydrogen-bond donors (Lipinski definition) is 2. The number of rotatable bonds is 4. The molecule has 1 heterocycles. The molecule has 2 N–H and O–H groups in total. The minimum Gasteiger partial charge on any atom is -0.321 e. The number of benzene rings is 2. The molecule has 0 bridgehead atoms. The van der Waals surface area contributed by atoms with Crippen LogP contribution in [0.1, 0.15) is 35.3 Å².